The Hall–Kier alpha value is -3.91. The Morgan fingerprint density at radius 1 is 1.06 bits per heavy atom. The number of carbonyl (C=O) groups is 1. The van der Waals surface area contributed by atoms with Gasteiger partial charge >= 0.3 is 0 Å². The lowest BCUT2D eigenvalue weighted by Crippen LogP contribution is -2.14. The third-order valence-corrected chi connectivity index (χ3v) is 6.06. The summed E-state index contributed by atoms with van der Waals surface area (Å²) >= 11 is 1.31. The Kier molecular flexibility index (Phi) is 6.55. The molecule has 166 valence electrons. The monoisotopic (exact) mass is 458 g/mol. The van der Waals surface area contributed by atoms with Crippen LogP contribution in [-0.2, 0) is 4.79 Å². The van der Waals surface area contributed by atoms with Crippen molar-refractivity contribution in [3.63, 3.8) is 0 Å². The lowest BCUT2D eigenvalue weighted by molar-refractivity contribution is -0.384. The van der Waals surface area contributed by atoms with Crippen LogP contribution in [0.5, 0.6) is 0 Å². The predicted octanol–water partition coefficient (Wildman–Crippen LogP) is 5.80. The highest BCUT2D eigenvalue weighted by Gasteiger charge is 2.18. The highest BCUT2D eigenvalue weighted by Crippen LogP contribution is 2.32. The minimum atomic E-state index is -0.414. The van der Waals surface area contributed by atoms with Gasteiger partial charge in [-0.05, 0) is 37.6 Å². The fourth-order valence-electron chi connectivity index (χ4n) is 3.43. The first-order valence-electron chi connectivity index (χ1n) is 10.3. The van der Waals surface area contributed by atoms with Crippen molar-refractivity contribution < 1.29 is 9.72 Å². The van der Waals surface area contributed by atoms with Gasteiger partial charge in [-0.3, -0.25) is 19.5 Å². The summed E-state index contributed by atoms with van der Waals surface area (Å²) in [4.78, 5) is 28.0. The van der Waals surface area contributed by atoms with Crippen LogP contribution in [0.4, 0.5) is 11.4 Å². The molecule has 4 aromatic rings. The molecule has 33 heavy (non-hydrogen) atoms. The van der Waals surface area contributed by atoms with Crippen molar-refractivity contribution in [1.82, 2.24) is 9.55 Å². The number of aromatic nitrogens is 2. The number of hydrogen-bond acceptors (Lipinski definition) is 5. The van der Waals surface area contributed by atoms with Gasteiger partial charge in [-0.1, -0.05) is 59.8 Å². The van der Waals surface area contributed by atoms with Crippen molar-refractivity contribution >= 4 is 29.0 Å². The van der Waals surface area contributed by atoms with E-state index < -0.39 is 4.92 Å². The van der Waals surface area contributed by atoms with Crippen LogP contribution < -0.4 is 5.32 Å². The fraction of sp³-hybridized carbons (Fsp3) is 0.120. The second-order valence-electron chi connectivity index (χ2n) is 7.56. The van der Waals surface area contributed by atoms with Gasteiger partial charge in [-0.15, -0.1) is 0 Å². The zero-order chi connectivity index (χ0) is 23.4. The van der Waals surface area contributed by atoms with Crippen LogP contribution in [0.25, 0.3) is 16.9 Å². The van der Waals surface area contributed by atoms with E-state index in [1.165, 1.54) is 23.9 Å². The zero-order valence-corrected chi connectivity index (χ0v) is 19.0. The topological polar surface area (TPSA) is 90.1 Å². The summed E-state index contributed by atoms with van der Waals surface area (Å²) in [5.74, 6) is 0.0330. The summed E-state index contributed by atoms with van der Waals surface area (Å²) in [5.41, 5.74) is 5.19. The number of nitro benzene ring substituents is 1. The molecular formula is C25H22N4O3S. The SMILES string of the molecule is Cc1ccc(NC(=O)CSc2ncc(-c3cccc([N+](=O)[O-])c3)n2-c2ccccc2C)cc1. The second kappa shape index (κ2) is 9.70. The summed E-state index contributed by atoms with van der Waals surface area (Å²) in [7, 11) is 0. The standard InChI is InChI=1S/C25H22N4O3S/c1-17-10-12-20(13-11-17)27-24(30)16-33-25-26-15-23(19-7-5-8-21(14-19)29(31)32)28(25)22-9-4-3-6-18(22)2/h3-15H,16H2,1-2H3,(H,27,30). The van der Waals surface area contributed by atoms with Crippen LogP contribution >= 0.6 is 11.8 Å². The molecule has 0 fully saturated rings. The van der Waals surface area contributed by atoms with E-state index in [1.807, 2.05) is 73.0 Å². The number of nitrogens with zero attached hydrogens (tertiary/aromatic N) is 3. The number of nitrogens with one attached hydrogen (secondary N) is 1. The molecule has 0 radical (unpaired) electrons. The molecule has 0 aliphatic heterocycles. The van der Waals surface area contributed by atoms with Crippen LogP contribution in [0.1, 0.15) is 11.1 Å². The number of anilines is 1. The molecule has 0 bridgehead atoms. The van der Waals surface area contributed by atoms with E-state index >= 15 is 0 Å². The maximum atomic E-state index is 12.5. The molecule has 0 unspecified atom stereocenters. The molecule has 0 atom stereocenters. The summed E-state index contributed by atoms with van der Waals surface area (Å²) in [6.07, 6.45) is 1.69. The summed E-state index contributed by atoms with van der Waals surface area (Å²) < 4.78 is 1.94. The molecule has 1 aromatic heterocycles. The average molecular weight is 459 g/mol. The number of nitro groups is 1. The van der Waals surface area contributed by atoms with Gasteiger partial charge in [0.15, 0.2) is 5.16 Å². The fourth-order valence-corrected chi connectivity index (χ4v) is 4.22. The molecule has 1 heterocycles. The number of aryl methyl sites for hydroxylation is 2. The maximum Gasteiger partial charge on any atom is 0.270 e. The molecule has 8 heteroatoms. The second-order valence-corrected chi connectivity index (χ2v) is 8.50. The van der Waals surface area contributed by atoms with Crippen LogP contribution in [0, 0.1) is 24.0 Å². The third-order valence-electron chi connectivity index (χ3n) is 5.11. The highest BCUT2D eigenvalue weighted by molar-refractivity contribution is 7.99. The third kappa shape index (κ3) is 5.12. The van der Waals surface area contributed by atoms with Gasteiger partial charge in [0.1, 0.15) is 0 Å². The van der Waals surface area contributed by atoms with E-state index in [9.17, 15) is 14.9 Å². The molecule has 0 spiro atoms. The van der Waals surface area contributed by atoms with Gasteiger partial charge in [-0.2, -0.15) is 0 Å². The van der Waals surface area contributed by atoms with Gasteiger partial charge in [0.05, 0.1) is 28.3 Å². The number of thioether (sulfide) groups is 1. The van der Waals surface area contributed by atoms with Crippen LogP contribution in [0.2, 0.25) is 0 Å². The Balaban J connectivity index is 1.65. The van der Waals surface area contributed by atoms with Crippen molar-refractivity contribution in [1.29, 1.82) is 0 Å². The molecule has 7 nitrogen and oxygen atoms in total. The molecule has 1 amide bonds. The highest BCUT2D eigenvalue weighted by atomic mass is 32.2. The number of amides is 1. The van der Waals surface area contributed by atoms with Gasteiger partial charge in [0.25, 0.3) is 5.69 Å². The average Bonchev–Trinajstić information content (AvgIpc) is 3.23. The first-order chi connectivity index (χ1) is 15.9. The molecule has 3 aromatic carbocycles. The predicted molar refractivity (Wildman–Crippen MR) is 131 cm³/mol. The molecule has 0 saturated carbocycles. The van der Waals surface area contributed by atoms with Crippen LogP contribution in [-0.4, -0.2) is 26.1 Å². The lowest BCUT2D eigenvalue weighted by Gasteiger charge is -2.14. The Bertz CT molecular complexity index is 1320. The molecule has 0 aliphatic carbocycles. The number of non-ortho nitro benzene ring substituents is 1. The number of benzene rings is 3. The van der Waals surface area contributed by atoms with Crippen LogP contribution in [0.15, 0.2) is 84.1 Å². The smallest absolute Gasteiger partial charge is 0.270 e. The lowest BCUT2D eigenvalue weighted by atomic mass is 10.1. The number of para-hydroxylation sites is 1. The summed E-state index contributed by atoms with van der Waals surface area (Å²) in [5, 5.41) is 14.8. The Labute approximate surface area is 195 Å². The first kappa shape index (κ1) is 22.3. The van der Waals surface area contributed by atoms with Crippen molar-refractivity contribution in [2.45, 2.75) is 19.0 Å². The molecule has 4 rings (SSSR count). The first-order valence-corrected chi connectivity index (χ1v) is 11.3. The minimum Gasteiger partial charge on any atom is -0.325 e. The van der Waals surface area contributed by atoms with Gasteiger partial charge in [-0.25, -0.2) is 4.98 Å². The van der Waals surface area contributed by atoms with Crippen molar-refractivity contribution in [3.8, 4) is 16.9 Å². The molecular weight excluding hydrogens is 436 g/mol. The van der Waals surface area contributed by atoms with Crippen LogP contribution in [0.3, 0.4) is 0 Å². The van der Waals surface area contributed by atoms with E-state index in [0.29, 0.717) is 10.7 Å². The van der Waals surface area contributed by atoms with E-state index in [-0.39, 0.29) is 17.3 Å². The van der Waals surface area contributed by atoms with Gasteiger partial charge in [0, 0.05) is 23.4 Å². The largest absolute Gasteiger partial charge is 0.325 e. The summed E-state index contributed by atoms with van der Waals surface area (Å²) in [6, 6.07) is 21.9. The zero-order valence-electron chi connectivity index (χ0n) is 18.2. The number of carbonyl (C=O) groups excluding carboxylic acids is 1. The van der Waals surface area contributed by atoms with E-state index in [0.717, 1.165) is 28.2 Å². The quantitative estimate of drug-likeness (QED) is 0.215. The van der Waals surface area contributed by atoms with E-state index in [1.54, 1.807) is 12.3 Å². The van der Waals surface area contributed by atoms with E-state index in [2.05, 4.69) is 10.3 Å². The number of imidazole rings is 1. The van der Waals surface area contributed by atoms with Gasteiger partial charge in [0.2, 0.25) is 5.91 Å². The number of rotatable bonds is 7. The Morgan fingerprint density at radius 2 is 1.82 bits per heavy atom. The minimum absolute atomic E-state index is 0.0108. The normalized spacial score (nSPS) is 10.7. The van der Waals surface area contributed by atoms with Crippen molar-refractivity contribution in [2.24, 2.45) is 0 Å². The van der Waals surface area contributed by atoms with Gasteiger partial charge < -0.3 is 5.32 Å². The van der Waals surface area contributed by atoms with Crippen molar-refractivity contribution in [2.75, 3.05) is 11.1 Å². The summed E-state index contributed by atoms with van der Waals surface area (Å²) in [6.45, 7) is 3.98. The molecule has 0 aliphatic rings. The molecule has 0 saturated heterocycles. The maximum absolute atomic E-state index is 12.5. The van der Waals surface area contributed by atoms with Crippen molar-refractivity contribution in [3.05, 3.63) is 100 Å². The molecule has 1 N–H and O–H groups in total. The Morgan fingerprint density at radius 3 is 2.55 bits per heavy atom. The van der Waals surface area contributed by atoms with E-state index in [4.69, 9.17) is 0 Å². The number of hydrogen-bond donors (Lipinski definition) is 1.